The van der Waals surface area contributed by atoms with Crippen LogP contribution in [0.25, 0.3) is 0 Å². The number of piperidine rings is 1. The second-order valence-electron chi connectivity index (χ2n) is 6.99. The monoisotopic (exact) mass is 453 g/mol. The molecule has 0 radical (unpaired) electrons. The lowest BCUT2D eigenvalue weighted by Crippen LogP contribution is -2.53. The first-order valence-corrected chi connectivity index (χ1v) is 10.9. The maximum absolute atomic E-state index is 13.3. The summed E-state index contributed by atoms with van der Waals surface area (Å²) in [4.78, 5) is 28.4. The molecule has 0 aromatic heterocycles. The molecule has 1 spiro atoms. The zero-order valence-corrected chi connectivity index (χ0v) is 17.7. The Hall–Kier alpha value is -1.96. The smallest absolute Gasteiger partial charge is 0.321 e. The first-order valence-electron chi connectivity index (χ1n) is 9.11. The summed E-state index contributed by atoms with van der Waals surface area (Å²) in [5, 5.41) is 3.33. The minimum atomic E-state index is -0.533. The van der Waals surface area contributed by atoms with Crippen molar-refractivity contribution in [3.8, 4) is 0 Å². The second kappa shape index (κ2) is 8.05. The Bertz CT molecular complexity index is 949. The van der Waals surface area contributed by atoms with Crippen molar-refractivity contribution in [3.05, 3.63) is 58.3 Å². The van der Waals surface area contributed by atoms with Gasteiger partial charge in [-0.05, 0) is 55.3 Å². The van der Waals surface area contributed by atoms with Crippen molar-refractivity contribution in [2.75, 3.05) is 29.1 Å². The summed E-state index contributed by atoms with van der Waals surface area (Å²) in [7, 11) is 0. The molecular formula is C20H18Cl2FN3O2S. The second-order valence-corrected chi connectivity index (χ2v) is 9.17. The molecule has 152 valence electrons. The fourth-order valence-electron chi connectivity index (χ4n) is 3.73. The van der Waals surface area contributed by atoms with E-state index in [1.165, 1.54) is 18.2 Å². The Balaban J connectivity index is 1.44. The summed E-state index contributed by atoms with van der Waals surface area (Å²) >= 11 is 13.4. The van der Waals surface area contributed by atoms with Gasteiger partial charge in [0.2, 0.25) is 5.91 Å². The number of likely N-dealkylation sites (tertiary alicyclic amines) is 1. The quantitative estimate of drug-likeness (QED) is 0.676. The number of halogens is 3. The van der Waals surface area contributed by atoms with Crippen LogP contribution in [-0.4, -0.2) is 40.6 Å². The Labute approximate surface area is 182 Å². The van der Waals surface area contributed by atoms with Crippen molar-refractivity contribution in [2.45, 2.75) is 17.7 Å². The molecule has 0 saturated carbocycles. The number of hydrogen-bond donors (Lipinski definition) is 1. The zero-order valence-electron chi connectivity index (χ0n) is 15.3. The maximum atomic E-state index is 13.3. The fourth-order valence-corrected chi connectivity index (χ4v) is 5.36. The standard InChI is InChI=1S/C20H18Cl2FN3O2S/c21-13-1-4-15(5-2-13)26-18(27)12-29-20(26)7-9-25(10-8-20)19(28)24-14-3-6-17(23)16(22)11-14/h1-6,11H,7-10,12H2,(H,24,28). The van der Waals surface area contributed by atoms with E-state index < -0.39 is 5.82 Å². The van der Waals surface area contributed by atoms with Gasteiger partial charge in [-0.15, -0.1) is 11.8 Å². The van der Waals surface area contributed by atoms with E-state index in [-0.39, 0.29) is 21.8 Å². The summed E-state index contributed by atoms with van der Waals surface area (Å²) in [5.41, 5.74) is 1.26. The van der Waals surface area contributed by atoms with Crippen molar-refractivity contribution in [1.29, 1.82) is 0 Å². The Morgan fingerprint density at radius 1 is 1.10 bits per heavy atom. The molecule has 2 aromatic carbocycles. The topological polar surface area (TPSA) is 52.7 Å². The molecular weight excluding hydrogens is 436 g/mol. The van der Waals surface area contributed by atoms with Gasteiger partial charge in [0.05, 0.1) is 15.6 Å². The van der Waals surface area contributed by atoms with Crippen LogP contribution in [0.4, 0.5) is 20.6 Å². The van der Waals surface area contributed by atoms with Gasteiger partial charge in [0.15, 0.2) is 0 Å². The van der Waals surface area contributed by atoms with Crippen molar-refractivity contribution in [1.82, 2.24) is 4.90 Å². The van der Waals surface area contributed by atoms with Crippen molar-refractivity contribution >= 4 is 58.3 Å². The highest BCUT2D eigenvalue weighted by Crippen LogP contribution is 2.46. The van der Waals surface area contributed by atoms with Crippen LogP contribution in [-0.2, 0) is 4.79 Å². The van der Waals surface area contributed by atoms with Gasteiger partial charge in [0.1, 0.15) is 5.82 Å². The van der Waals surface area contributed by atoms with Crippen LogP contribution in [0.1, 0.15) is 12.8 Å². The summed E-state index contributed by atoms with van der Waals surface area (Å²) in [6.45, 7) is 1.01. The highest BCUT2D eigenvalue weighted by Gasteiger charge is 2.49. The van der Waals surface area contributed by atoms with Crippen LogP contribution in [0.2, 0.25) is 10.0 Å². The molecule has 2 heterocycles. The molecule has 3 amide bonds. The predicted molar refractivity (Wildman–Crippen MR) is 115 cm³/mol. The molecule has 0 atom stereocenters. The lowest BCUT2D eigenvalue weighted by Gasteiger charge is -2.43. The lowest BCUT2D eigenvalue weighted by molar-refractivity contribution is -0.116. The van der Waals surface area contributed by atoms with Crippen molar-refractivity contribution in [3.63, 3.8) is 0 Å². The largest absolute Gasteiger partial charge is 0.324 e. The molecule has 9 heteroatoms. The summed E-state index contributed by atoms with van der Waals surface area (Å²) in [5.74, 6) is -0.0471. The number of thioether (sulfide) groups is 1. The molecule has 0 unspecified atom stereocenters. The molecule has 4 rings (SSSR count). The number of nitrogens with one attached hydrogen (secondary N) is 1. The normalized spacial score (nSPS) is 18.4. The first kappa shape index (κ1) is 20.3. The number of hydrogen-bond acceptors (Lipinski definition) is 3. The van der Waals surface area contributed by atoms with E-state index in [1.54, 1.807) is 28.8 Å². The highest BCUT2D eigenvalue weighted by atomic mass is 35.5. The number of rotatable bonds is 2. The summed E-state index contributed by atoms with van der Waals surface area (Å²) in [6, 6.07) is 11.1. The number of urea groups is 1. The third-order valence-corrected chi connectivity index (χ3v) is 7.27. The maximum Gasteiger partial charge on any atom is 0.321 e. The van der Waals surface area contributed by atoms with Gasteiger partial charge >= 0.3 is 6.03 Å². The number of anilines is 2. The molecule has 1 N–H and O–H groups in total. The van der Waals surface area contributed by atoms with E-state index in [9.17, 15) is 14.0 Å². The third-order valence-electron chi connectivity index (χ3n) is 5.21. The molecule has 2 aliphatic rings. The van der Waals surface area contributed by atoms with E-state index in [0.29, 0.717) is 42.4 Å². The third kappa shape index (κ3) is 4.04. The van der Waals surface area contributed by atoms with Crippen LogP contribution in [0.3, 0.4) is 0 Å². The van der Waals surface area contributed by atoms with Crippen molar-refractivity contribution in [2.24, 2.45) is 0 Å². The molecule has 0 bridgehead atoms. The first-order chi connectivity index (χ1) is 13.9. The van der Waals surface area contributed by atoms with Crippen LogP contribution in [0.15, 0.2) is 42.5 Å². The lowest BCUT2D eigenvalue weighted by atomic mass is 10.0. The van der Waals surface area contributed by atoms with Crippen LogP contribution in [0, 0.1) is 5.82 Å². The van der Waals surface area contributed by atoms with Gasteiger partial charge in [0, 0.05) is 29.5 Å². The van der Waals surface area contributed by atoms with Gasteiger partial charge in [-0.2, -0.15) is 0 Å². The average molecular weight is 454 g/mol. The molecule has 29 heavy (non-hydrogen) atoms. The fraction of sp³-hybridized carbons (Fsp3) is 0.300. The molecule has 2 saturated heterocycles. The minimum Gasteiger partial charge on any atom is -0.324 e. The predicted octanol–water partition coefficient (Wildman–Crippen LogP) is 5.24. The van der Waals surface area contributed by atoms with E-state index >= 15 is 0 Å². The highest BCUT2D eigenvalue weighted by molar-refractivity contribution is 8.02. The SMILES string of the molecule is O=C(Nc1ccc(F)c(Cl)c1)N1CCC2(CC1)SCC(=O)N2c1ccc(Cl)cc1. The van der Waals surface area contributed by atoms with Gasteiger partial charge in [0.25, 0.3) is 0 Å². The molecule has 5 nitrogen and oxygen atoms in total. The zero-order chi connectivity index (χ0) is 20.6. The van der Waals surface area contributed by atoms with Crippen LogP contribution < -0.4 is 10.2 Å². The van der Waals surface area contributed by atoms with Crippen LogP contribution >= 0.6 is 35.0 Å². The Morgan fingerprint density at radius 3 is 2.45 bits per heavy atom. The van der Waals surface area contributed by atoms with Crippen molar-refractivity contribution < 1.29 is 14.0 Å². The van der Waals surface area contributed by atoms with Gasteiger partial charge in [-0.25, -0.2) is 9.18 Å². The van der Waals surface area contributed by atoms with E-state index in [4.69, 9.17) is 23.2 Å². The molecule has 2 fully saturated rings. The molecule has 2 aliphatic heterocycles. The summed E-state index contributed by atoms with van der Waals surface area (Å²) < 4.78 is 13.3. The Kier molecular flexibility index (Phi) is 5.64. The number of amides is 3. The van der Waals surface area contributed by atoms with Gasteiger partial charge in [-0.3, -0.25) is 9.69 Å². The van der Waals surface area contributed by atoms with Gasteiger partial charge < -0.3 is 10.2 Å². The molecule has 2 aromatic rings. The number of carbonyl (C=O) groups is 2. The summed E-state index contributed by atoms with van der Waals surface area (Å²) in [6.07, 6.45) is 1.31. The van der Waals surface area contributed by atoms with E-state index in [0.717, 1.165) is 5.69 Å². The number of benzene rings is 2. The van der Waals surface area contributed by atoms with E-state index in [1.807, 2.05) is 17.0 Å². The van der Waals surface area contributed by atoms with Gasteiger partial charge in [-0.1, -0.05) is 23.2 Å². The molecule has 0 aliphatic carbocycles. The average Bonchev–Trinajstić information content (AvgIpc) is 3.02. The Morgan fingerprint density at radius 2 is 1.79 bits per heavy atom. The van der Waals surface area contributed by atoms with E-state index in [2.05, 4.69) is 5.32 Å². The van der Waals surface area contributed by atoms with Crippen LogP contribution in [0.5, 0.6) is 0 Å². The number of carbonyl (C=O) groups excluding carboxylic acids is 2. The minimum absolute atomic E-state index is 0.0418. The number of nitrogens with zero attached hydrogens (tertiary/aromatic N) is 2.